The molecule has 0 bridgehead atoms. The largest absolute Gasteiger partial charge is 0.326 e. The fourth-order valence-electron chi connectivity index (χ4n) is 2.77. The van der Waals surface area contributed by atoms with E-state index < -0.39 is 0 Å². The lowest BCUT2D eigenvalue weighted by atomic mass is 10.00. The molecule has 3 aromatic rings. The molecule has 0 fully saturated rings. The number of nitrogens with zero attached hydrogens (tertiary/aromatic N) is 1. The van der Waals surface area contributed by atoms with Crippen molar-refractivity contribution in [1.82, 2.24) is 4.57 Å². The van der Waals surface area contributed by atoms with Crippen LogP contribution in [0.1, 0.15) is 36.5 Å². The Kier molecular flexibility index (Phi) is 4.30. The van der Waals surface area contributed by atoms with Crippen LogP contribution in [0, 0.1) is 0 Å². The van der Waals surface area contributed by atoms with E-state index in [2.05, 4.69) is 26.0 Å². The number of benzene rings is 2. The fraction of sp³-hybridized carbons (Fsp3) is 0.250. The van der Waals surface area contributed by atoms with Gasteiger partial charge >= 0.3 is 0 Å². The van der Waals surface area contributed by atoms with E-state index in [1.165, 1.54) is 5.56 Å². The molecular weight excluding hydrogens is 284 g/mol. The number of rotatable bonds is 4. The van der Waals surface area contributed by atoms with Crippen molar-refractivity contribution in [2.45, 2.75) is 32.9 Å². The average Bonchev–Trinajstić information content (AvgIpc) is 2.57. The first-order chi connectivity index (χ1) is 11.1. The lowest BCUT2D eigenvalue weighted by molar-refractivity contribution is 0.767. The van der Waals surface area contributed by atoms with Crippen LogP contribution in [0.4, 0.5) is 0 Å². The lowest BCUT2D eigenvalue weighted by Crippen LogP contribution is -2.20. The van der Waals surface area contributed by atoms with Gasteiger partial charge in [0.2, 0.25) is 0 Å². The fourth-order valence-corrected chi connectivity index (χ4v) is 2.77. The van der Waals surface area contributed by atoms with Crippen LogP contribution in [-0.4, -0.2) is 4.57 Å². The number of nitrogens with two attached hydrogens (primary N) is 1. The van der Waals surface area contributed by atoms with Gasteiger partial charge in [-0.15, -0.1) is 0 Å². The zero-order valence-corrected chi connectivity index (χ0v) is 13.6. The van der Waals surface area contributed by atoms with Gasteiger partial charge < -0.3 is 10.3 Å². The summed E-state index contributed by atoms with van der Waals surface area (Å²) in [5.74, 6) is 0.461. The van der Waals surface area contributed by atoms with Gasteiger partial charge in [0, 0.05) is 18.1 Å². The van der Waals surface area contributed by atoms with Crippen molar-refractivity contribution in [3.8, 4) is 0 Å². The van der Waals surface area contributed by atoms with Crippen molar-refractivity contribution in [2.75, 3.05) is 0 Å². The second kappa shape index (κ2) is 6.39. The van der Waals surface area contributed by atoms with Gasteiger partial charge in [0.25, 0.3) is 5.56 Å². The molecule has 0 aliphatic carbocycles. The van der Waals surface area contributed by atoms with Crippen LogP contribution in [0.3, 0.4) is 0 Å². The third-order valence-electron chi connectivity index (χ3n) is 4.28. The van der Waals surface area contributed by atoms with Gasteiger partial charge in [-0.2, -0.15) is 0 Å². The summed E-state index contributed by atoms with van der Waals surface area (Å²) in [5.41, 5.74) is 9.13. The Hall–Kier alpha value is -2.39. The number of hydrogen-bond donors (Lipinski definition) is 1. The van der Waals surface area contributed by atoms with Crippen LogP contribution < -0.4 is 11.3 Å². The maximum Gasteiger partial charge on any atom is 0.258 e. The molecule has 3 nitrogen and oxygen atoms in total. The van der Waals surface area contributed by atoms with E-state index in [0.29, 0.717) is 19.0 Å². The van der Waals surface area contributed by atoms with E-state index in [9.17, 15) is 4.79 Å². The second-order valence-corrected chi connectivity index (χ2v) is 6.27. The molecule has 0 atom stereocenters. The van der Waals surface area contributed by atoms with Gasteiger partial charge in [0.05, 0.1) is 6.54 Å². The minimum absolute atomic E-state index is 0.0562. The first-order valence-electron chi connectivity index (χ1n) is 7.99. The van der Waals surface area contributed by atoms with E-state index in [0.717, 1.165) is 21.9 Å². The molecular formula is C20H22N2O. The number of aromatic nitrogens is 1. The Morgan fingerprint density at radius 2 is 1.70 bits per heavy atom. The number of pyridine rings is 1. The SMILES string of the molecule is CC(C)c1ccc2c(=O)n(Cc3ccc(CN)cc3)ccc2c1. The summed E-state index contributed by atoms with van der Waals surface area (Å²) in [4.78, 5) is 12.7. The molecule has 0 amide bonds. The highest BCUT2D eigenvalue weighted by molar-refractivity contribution is 5.82. The van der Waals surface area contributed by atoms with Crippen LogP contribution in [0.5, 0.6) is 0 Å². The van der Waals surface area contributed by atoms with Gasteiger partial charge in [-0.3, -0.25) is 4.79 Å². The predicted octanol–water partition coefficient (Wildman–Crippen LogP) is 3.63. The summed E-state index contributed by atoms with van der Waals surface area (Å²) in [6.07, 6.45) is 1.88. The van der Waals surface area contributed by atoms with Gasteiger partial charge in [-0.05, 0) is 40.1 Å². The Labute approximate surface area is 136 Å². The Morgan fingerprint density at radius 1 is 1.00 bits per heavy atom. The van der Waals surface area contributed by atoms with E-state index in [4.69, 9.17) is 5.73 Å². The monoisotopic (exact) mass is 306 g/mol. The van der Waals surface area contributed by atoms with Crippen molar-refractivity contribution in [2.24, 2.45) is 5.73 Å². The Morgan fingerprint density at radius 3 is 2.35 bits per heavy atom. The van der Waals surface area contributed by atoms with Crippen LogP contribution >= 0.6 is 0 Å². The van der Waals surface area contributed by atoms with Crippen LogP contribution in [0.2, 0.25) is 0 Å². The minimum atomic E-state index is 0.0562. The first kappa shape index (κ1) is 15.5. The smallest absolute Gasteiger partial charge is 0.258 e. The molecule has 0 spiro atoms. The molecule has 3 heteroatoms. The molecule has 0 aliphatic rings. The summed E-state index contributed by atoms with van der Waals surface area (Å²) >= 11 is 0. The molecule has 0 unspecified atom stereocenters. The molecule has 1 aromatic heterocycles. The van der Waals surface area contributed by atoms with Crippen molar-refractivity contribution >= 4 is 10.8 Å². The zero-order valence-electron chi connectivity index (χ0n) is 13.6. The molecule has 23 heavy (non-hydrogen) atoms. The van der Waals surface area contributed by atoms with E-state index in [-0.39, 0.29) is 5.56 Å². The lowest BCUT2D eigenvalue weighted by Gasteiger charge is -2.10. The summed E-state index contributed by atoms with van der Waals surface area (Å²) in [7, 11) is 0. The molecule has 2 aromatic carbocycles. The predicted molar refractivity (Wildman–Crippen MR) is 95.7 cm³/mol. The highest BCUT2D eigenvalue weighted by Crippen LogP contribution is 2.19. The van der Waals surface area contributed by atoms with Gasteiger partial charge in [0.1, 0.15) is 0 Å². The molecule has 0 saturated carbocycles. The topological polar surface area (TPSA) is 48.0 Å². The second-order valence-electron chi connectivity index (χ2n) is 6.27. The van der Waals surface area contributed by atoms with Crippen molar-refractivity contribution in [3.63, 3.8) is 0 Å². The Bertz CT molecular complexity index is 876. The standard InChI is InChI=1S/C20H22N2O/c1-14(2)17-7-8-19-18(11-17)9-10-22(20(19)23)13-16-5-3-15(12-21)4-6-16/h3-11,14H,12-13,21H2,1-2H3. The zero-order chi connectivity index (χ0) is 16.4. The highest BCUT2D eigenvalue weighted by Gasteiger charge is 2.06. The highest BCUT2D eigenvalue weighted by atomic mass is 16.1. The normalized spacial score (nSPS) is 11.3. The number of hydrogen-bond acceptors (Lipinski definition) is 2. The minimum Gasteiger partial charge on any atom is -0.326 e. The quantitative estimate of drug-likeness (QED) is 0.800. The average molecular weight is 306 g/mol. The third-order valence-corrected chi connectivity index (χ3v) is 4.28. The summed E-state index contributed by atoms with van der Waals surface area (Å²) in [6.45, 7) is 5.43. The van der Waals surface area contributed by atoms with Gasteiger partial charge in [0.15, 0.2) is 0 Å². The summed E-state index contributed by atoms with van der Waals surface area (Å²) in [5, 5.41) is 1.78. The molecule has 0 saturated heterocycles. The van der Waals surface area contributed by atoms with Crippen molar-refractivity contribution in [3.05, 3.63) is 81.8 Å². The summed E-state index contributed by atoms with van der Waals surface area (Å²) in [6, 6.07) is 16.2. The van der Waals surface area contributed by atoms with E-state index in [1.807, 2.05) is 42.6 Å². The van der Waals surface area contributed by atoms with Gasteiger partial charge in [-0.25, -0.2) is 0 Å². The first-order valence-corrected chi connectivity index (χ1v) is 7.99. The Balaban J connectivity index is 1.96. The molecule has 0 radical (unpaired) electrons. The van der Waals surface area contributed by atoms with Gasteiger partial charge in [-0.1, -0.05) is 50.2 Å². The number of fused-ring (bicyclic) bond motifs is 1. The maximum atomic E-state index is 12.7. The summed E-state index contributed by atoms with van der Waals surface area (Å²) < 4.78 is 1.76. The molecule has 1 heterocycles. The maximum absolute atomic E-state index is 12.7. The molecule has 3 rings (SSSR count). The van der Waals surface area contributed by atoms with E-state index >= 15 is 0 Å². The van der Waals surface area contributed by atoms with Crippen molar-refractivity contribution in [1.29, 1.82) is 0 Å². The van der Waals surface area contributed by atoms with E-state index in [1.54, 1.807) is 4.57 Å². The molecule has 118 valence electrons. The van der Waals surface area contributed by atoms with Crippen LogP contribution in [0.25, 0.3) is 10.8 Å². The van der Waals surface area contributed by atoms with Crippen molar-refractivity contribution < 1.29 is 0 Å². The molecule has 0 aliphatic heterocycles. The third kappa shape index (κ3) is 3.20. The van der Waals surface area contributed by atoms with Crippen LogP contribution in [-0.2, 0) is 13.1 Å². The van der Waals surface area contributed by atoms with Crippen LogP contribution in [0.15, 0.2) is 59.5 Å². The molecule has 2 N–H and O–H groups in total.